The maximum atomic E-state index is 5.47. The lowest BCUT2D eigenvalue weighted by atomic mass is 10.0. The Morgan fingerprint density at radius 2 is 2.27 bits per heavy atom. The zero-order valence-corrected chi connectivity index (χ0v) is 9.46. The molecule has 1 aromatic heterocycles. The Balaban J connectivity index is 1.91. The van der Waals surface area contributed by atoms with Crippen molar-refractivity contribution in [3.63, 3.8) is 0 Å². The van der Waals surface area contributed by atoms with E-state index < -0.39 is 0 Å². The summed E-state index contributed by atoms with van der Waals surface area (Å²) in [4.78, 5) is 4.27. The molecule has 1 N–H and O–H groups in total. The Morgan fingerprint density at radius 3 is 3.00 bits per heavy atom. The van der Waals surface area contributed by atoms with Gasteiger partial charge < -0.3 is 9.73 Å². The van der Waals surface area contributed by atoms with Crippen molar-refractivity contribution < 1.29 is 4.42 Å². The standard InChI is InChI=1S/C12H20N2O/c1-2-13-8-11-12(15-9-14-11)7-10-5-3-4-6-10/h9-10,13H,2-8H2,1H3. The van der Waals surface area contributed by atoms with Crippen molar-refractivity contribution >= 4 is 0 Å². The van der Waals surface area contributed by atoms with Crippen LogP contribution < -0.4 is 5.32 Å². The molecule has 1 saturated carbocycles. The third kappa shape index (κ3) is 2.81. The quantitative estimate of drug-likeness (QED) is 0.808. The average Bonchev–Trinajstić information content (AvgIpc) is 2.87. The largest absolute Gasteiger partial charge is 0.448 e. The molecule has 1 heterocycles. The molecular formula is C12H20N2O. The van der Waals surface area contributed by atoms with Crippen molar-refractivity contribution in [2.45, 2.75) is 45.6 Å². The first-order valence-corrected chi connectivity index (χ1v) is 6.02. The zero-order valence-electron chi connectivity index (χ0n) is 9.46. The van der Waals surface area contributed by atoms with Gasteiger partial charge in [0.15, 0.2) is 6.39 Å². The van der Waals surface area contributed by atoms with Crippen LogP contribution in [0.4, 0.5) is 0 Å². The van der Waals surface area contributed by atoms with Gasteiger partial charge in [-0.1, -0.05) is 32.6 Å². The van der Waals surface area contributed by atoms with E-state index in [2.05, 4.69) is 17.2 Å². The van der Waals surface area contributed by atoms with Gasteiger partial charge in [-0.05, 0) is 12.5 Å². The van der Waals surface area contributed by atoms with E-state index in [4.69, 9.17) is 4.42 Å². The van der Waals surface area contributed by atoms with Gasteiger partial charge in [0.1, 0.15) is 5.76 Å². The van der Waals surface area contributed by atoms with Gasteiger partial charge in [0.2, 0.25) is 0 Å². The van der Waals surface area contributed by atoms with E-state index in [1.165, 1.54) is 25.7 Å². The molecule has 3 heteroatoms. The summed E-state index contributed by atoms with van der Waals surface area (Å²) in [5.74, 6) is 1.93. The number of hydrogen-bond donors (Lipinski definition) is 1. The summed E-state index contributed by atoms with van der Waals surface area (Å²) >= 11 is 0. The molecule has 1 aliphatic carbocycles. The predicted octanol–water partition coefficient (Wildman–Crippen LogP) is 2.52. The number of oxazole rings is 1. The minimum Gasteiger partial charge on any atom is -0.448 e. The third-order valence-electron chi connectivity index (χ3n) is 3.22. The molecule has 0 aliphatic heterocycles. The lowest BCUT2D eigenvalue weighted by Crippen LogP contribution is -2.14. The van der Waals surface area contributed by atoms with Crippen LogP contribution in [0.2, 0.25) is 0 Å². The molecular weight excluding hydrogens is 188 g/mol. The highest BCUT2D eigenvalue weighted by molar-refractivity contribution is 5.08. The van der Waals surface area contributed by atoms with Crippen molar-refractivity contribution in [1.82, 2.24) is 10.3 Å². The van der Waals surface area contributed by atoms with Crippen LogP contribution in [0.1, 0.15) is 44.1 Å². The number of hydrogen-bond acceptors (Lipinski definition) is 3. The Hall–Kier alpha value is -0.830. The van der Waals surface area contributed by atoms with Gasteiger partial charge in [0, 0.05) is 13.0 Å². The normalized spacial score (nSPS) is 17.4. The maximum absolute atomic E-state index is 5.47. The first-order chi connectivity index (χ1) is 7.40. The Kier molecular flexibility index (Phi) is 3.78. The Bertz CT molecular complexity index is 290. The lowest BCUT2D eigenvalue weighted by Gasteiger charge is -2.07. The van der Waals surface area contributed by atoms with Crippen LogP contribution in [0.25, 0.3) is 0 Å². The summed E-state index contributed by atoms with van der Waals surface area (Å²) in [5, 5.41) is 3.29. The van der Waals surface area contributed by atoms with E-state index in [1.54, 1.807) is 6.39 Å². The third-order valence-corrected chi connectivity index (χ3v) is 3.22. The van der Waals surface area contributed by atoms with Crippen LogP contribution in [0.15, 0.2) is 10.8 Å². The Labute approximate surface area is 91.3 Å². The van der Waals surface area contributed by atoms with Crippen molar-refractivity contribution in [3.05, 3.63) is 17.8 Å². The van der Waals surface area contributed by atoms with Crippen molar-refractivity contribution in [2.24, 2.45) is 5.92 Å². The number of nitrogens with zero attached hydrogens (tertiary/aromatic N) is 1. The number of aromatic nitrogens is 1. The summed E-state index contributed by atoms with van der Waals surface area (Å²) in [6.45, 7) is 3.93. The van der Waals surface area contributed by atoms with Crippen LogP contribution in [0, 0.1) is 5.92 Å². The first-order valence-electron chi connectivity index (χ1n) is 6.02. The highest BCUT2D eigenvalue weighted by Gasteiger charge is 2.19. The van der Waals surface area contributed by atoms with E-state index in [0.29, 0.717) is 0 Å². The van der Waals surface area contributed by atoms with Gasteiger partial charge in [-0.3, -0.25) is 0 Å². The molecule has 1 aromatic rings. The van der Waals surface area contributed by atoms with Crippen LogP contribution in [-0.2, 0) is 13.0 Å². The molecule has 15 heavy (non-hydrogen) atoms. The van der Waals surface area contributed by atoms with Gasteiger partial charge in [0.05, 0.1) is 5.69 Å². The fourth-order valence-electron chi connectivity index (χ4n) is 2.32. The van der Waals surface area contributed by atoms with Crippen molar-refractivity contribution in [2.75, 3.05) is 6.54 Å². The summed E-state index contributed by atoms with van der Waals surface area (Å²) < 4.78 is 5.47. The van der Waals surface area contributed by atoms with Crippen LogP contribution in [0.5, 0.6) is 0 Å². The molecule has 0 atom stereocenters. The molecule has 84 valence electrons. The molecule has 2 rings (SSSR count). The molecule has 1 fully saturated rings. The number of rotatable bonds is 5. The fraction of sp³-hybridized carbons (Fsp3) is 0.750. The van der Waals surface area contributed by atoms with E-state index >= 15 is 0 Å². The second kappa shape index (κ2) is 5.31. The summed E-state index contributed by atoms with van der Waals surface area (Å²) in [5.41, 5.74) is 1.10. The highest BCUT2D eigenvalue weighted by Crippen LogP contribution is 2.28. The Morgan fingerprint density at radius 1 is 1.47 bits per heavy atom. The molecule has 0 amide bonds. The minimum atomic E-state index is 0.832. The number of nitrogens with one attached hydrogen (secondary N) is 1. The highest BCUT2D eigenvalue weighted by atomic mass is 16.3. The van der Waals surface area contributed by atoms with Crippen LogP contribution in [0.3, 0.4) is 0 Å². The van der Waals surface area contributed by atoms with Crippen LogP contribution in [-0.4, -0.2) is 11.5 Å². The van der Waals surface area contributed by atoms with E-state index in [9.17, 15) is 0 Å². The summed E-state index contributed by atoms with van der Waals surface area (Å²) in [7, 11) is 0. The second-order valence-corrected chi connectivity index (χ2v) is 4.36. The van der Waals surface area contributed by atoms with E-state index in [-0.39, 0.29) is 0 Å². The first kappa shape index (κ1) is 10.7. The minimum absolute atomic E-state index is 0.832. The van der Waals surface area contributed by atoms with Crippen molar-refractivity contribution in [1.29, 1.82) is 0 Å². The van der Waals surface area contributed by atoms with Gasteiger partial charge in [-0.25, -0.2) is 4.98 Å². The molecule has 0 aromatic carbocycles. The molecule has 0 bridgehead atoms. The summed E-state index contributed by atoms with van der Waals surface area (Å²) in [6.07, 6.45) is 8.17. The SMILES string of the molecule is CCNCc1ncoc1CC1CCCC1. The van der Waals surface area contributed by atoms with Gasteiger partial charge in [-0.2, -0.15) is 0 Å². The fourth-order valence-corrected chi connectivity index (χ4v) is 2.32. The van der Waals surface area contributed by atoms with Gasteiger partial charge in [0.25, 0.3) is 0 Å². The van der Waals surface area contributed by atoms with E-state index in [0.717, 1.165) is 36.9 Å². The molecule has 1 aliphatic rings. The van der Waals surface area contributed by atoms with Crippen LogP contribution >= 0.6 is 0 Å². The zero-order chi connectivity index (χ0) is 10.5. The van der Waals surface area contributed by atoms with Crippen molar-refractivity contribution in [3.8, 4) is 0 Å². The molecule has 3 nitrogen and oxygen atoms in total. The maximum Gasteiger partial charge on any atom is 0.181 e. The predicted molar refractivity (Wildman–Crippen MR) is 59.5 cm³/mol. The molecule has 0 unspecified atom stereocenters. The topological polar surface area (TPSA) is 38.1 Å². The average molecular weight is 208 g/mol. The smallest absolute Gasteiger partial charge is 0.181 e. The van der Waals surface area contributed by atoms with Gasteiger partial charge >= 0.3 is 0 Å². The second-order valence-electron chi connectivity index (χ2n) is 4.36. The van der Waals surface area contributed by atoms with E-state index in [1.807, 2.05) is 0 Å². The molecule has 0 radical (unpaired) electrons. The molecule has 0 saturated heterocycles. The summed E-state index contributed by atoms with van der Waals surface area (Å²) in [6, 6.07) is 0. The monoisotopic (exact) mass is 208 g/mol. The lowest BCUT2D eigenvalue weighted by molar-refractivity contribution is 0.437. The van der Waals surface area contributed by atoms with Gasteiger partial charge in [-0.15, -0.1) is 0 Å². The molecule has 0 spiro atoms.